The first-order chi connectivity index (χ1) is 7.89. The van der Waals surface area contributed by atoms with Crippen LogP contribution < -0.4 is 9.88 Å². The second-order valence-corrected chi connectivity index (χ2v) is 5.13. The van der Waals surface area contributed by atoms with Crippen molar-refractivity contribution in [2.24, 2.45) is 5.14 Å². The Morgan fingerprint density at radius 1 is 1.47 bits per heavy atom. The summed E-state index contributed by atoms with van der Waals surface area (Å²) in [7, 11) is -4.20. The molecule has 9 heteroatoms. The number of rotatable bonds is 4. The highest BCUT2D eigenvalue weighted by Gasteiger charge is 2.32. The summed E-state index contributed by atoms with van der Waals surface area (Å²) < 4.78 is 27.6. The fourth-order valence-electron chi connectivity index (χ4n) is 1.26. The van der Waals surface area contributed by atoms with Crippen molar-refractivity contribution in [2.45, 2.75) is 23.8 Å². The molecule has 0 aromatic carbocycles. The molecule has 0 saturated heterocycles. The maximum atomic E-state index is 11.2. The summed E-state index contributed by atoms with van der Waals surface area (Å²) >= 11 is 0. The van der Waals surface area contributed by atoms with Gasteiger partial charge in [-0.3, -0.25) is 15.1 Å². The molecular weight excluding hydrogens is 250 g/mol. The standard InChI is InChI=1S/C8H9N3O5S/c9-17(14,15)7-4-10-3-6(8(7)11(12)13)16-5-1-2-5/h3-5H,1-2H2,(H2,9,14,15). The summed E-state index contributed by atoms with van der Waals surface area (Å²) in [6.07, 6.45) is 3.43. The molecule has 1 aromatic heterocycles. The van der Waals surface area contributed by atoms with Crippen LogP contribution in [0.3, 0.4) is 0 Å². The second-order valence-electron chi connectivity index (χ2n) is 3.60. The molecule has 0 spiro atoms. The van der Waals surface area contributed by atoms with Crippen LogP contribution in [0.15, 0.2) is 17.3 Å². The van der Waals surface area contributed by atoms with Gasteiger partial charge in [-0.2, -0.15) is 0 Å². The van der Waals surface area contributed by atoms with Crippen LogP contribution in [0.1, 0.15) is 12.8 Å². The van der Waals surface area contributed by atoms with Crippen LogP contribution in [0, 0.1) is 10.1 Å². The molecule has 1 fully saturated rings. The highest BCUT2D eigenvalue weighted by atomic mass is 32.2. The van der Waals surface area contributed by atoms with E-state index in [0.29, 0.717) is 0 Å². The van der Waals surface area contributed by atoms with Gasteiger partial charge >= 0.3 is 5.69 Å². The van der Waals surface area contributed by atoms with Gasteiger partial charge in [-0.25, -0.2) is 13.6 Å². The average molecular weight is 259 g/mol. The van der Waals surface area contributed by atoms with Gasteiger partial charge in [0.15, 0.2) is 4.90 Å². The number of hydrogen-bond donors (Lipinski definition) is 1. The van der Waals surface area contributed by atoms with Crippen LogP contribution in [-0.2, 0) is 10.0 Å². The zero-order valence-electron chi connectivity index (χ0n) is 8.57. The summed E-state index contributed by atoms with van der Waals surface area (Å²) in [6.45, 7) is 0. The molecule has 2 rings (SSSR count). The predicted molar refractivity (Wildman–Crippen MR) is 55.9 cm³/mol. The number of nitrogens with zero attached hydrogens (tertiary/aromatic N) is 2. The van der Waals surface area contributed by atoms with Crippen LogP contribution in [0.4, 0.5) is 5.69 Å². The fraction of sp³-hybridized carbons (Fsp3) is 0.375. The average Bonchev–Trinajstić information content (AvgIpc) is 2.99. The molecule has 8 nitrogen and oxygen atoms in total. The lowest BCUT2D eigenvalue weighted by Gasteiger charge is -2.06. The predicted octanol–water partition coefficient (Wildman–Crippen LogP) is 0.178. The van der Waals surface area contributed by atoms with Gasteiger partial charge < -0.3 is 4.74 Å². The Labute approximate surface area is 96.6 Å². The molecule has 0 amide bonds. The summed E-state index contributed by atoms with van der Waals surface area (Å²) in [6, 6.07) is 0. The van der Waals surface area contributed by atoms with E-state index in [1.54, 1.807) is 0 Å². The topological polar surface area (TPSA) is 125 Å². The zero-order chi connectivity index (χ0) is 12.6. The molecule has 17 heavy (non-hydrogen) atoms. The number of nitrogens with two attached hydrogens (primary N) is 1. The molecule has 1 aromatic rings. The van der Waals surface area contributed by atoms with Gasteiger partial charge in [0.2, 0.25) is 15.8 Å². The fourth-order valence-corrected chi connectivity index (χ4v) is 1.91. The molecule has 1 saturated carbocycles. The Kier molecular flexibility index (Phi) is 2.71. The number of nitro groups is 1. The van der Waals surface area contributed by atoms with Gasteiger partial charge in [0.1, 0.15) is 0 Å². The minimum absolute atomic E-state index is 0.105. The second kappa shape index (κ2) is 3.93. The number of aromatic nitrogens is 1. The summed E-state index contributed by atoms with van der Waals surface area (Å²) in [5, 5.41) is 15.8. The molecule has 0 radical (unpaired) electrons. The SMILES string of the molecule is NS(=O)(=O)c1cncc(OC2CC2)c1[N+](=O)[O-]. The van der Waals surface area contributed by atoms with E-state index in [9.17, 15) is 18.5 Å². The lowest BCUT2D eigenvalue weighted by atomic mass is 10.4. The third kappa shape index (κ3) is 2.50. The first-order valence-corrected chi connectivity index (χ1v) is 6.26. The molecule has 0 atom stereocenters. The smallest absolute Gasteiger partial charge is 0.334 e. The van der Waals surface area contributed by atoms with Crippen LogP contribution >= 0.6 is 0 Å². The number of primary sulfonamides is 1. The largest absolute Gasteiger partial charge is 0.482 e. The van der Waals surface area contributed by atoms with Crippen LogP contribution in [-0.4, -0.2) is 24.4 Å². The normalized spacial score (nSPS) is 15.6. The van der Waals surface area contributed by atoms with Gasteiger partial charge in [0, 0.05) is 0 Å². The number of ether oxygens (including phenoxy) is 1. The first kappa shape index (κ1) is 11.7. The minimum Gasteiger partial charge on any atom is -0.482 e. The van der Waals surface area contributed by atoms with E-state index in [1.807, 2.05) is 0 Å². The molecule has 1 aliphatic carbocycles. The highest BCUT2D eigenvalue weighted by Crippen LogP contribution is 2.36. The van der Waals surface area contributed by atoms with Gasteiger partial charge in [-0.1, -0.05) is 0 Å². The maximum Gasteiger partial charge on any atom is 0.334 e. The van der Waals surface area contributed by atoms with Crippen molar-refractivity contribution in [1.82, 2.24) is 4.98 Å². The van der Waals surface area contributed by atoms with E-state index in [2.05, 4.69) is 4.98 Å². The van der Waals surface area contributed by atoms with Gasteiger partial charge in [0.05, 0.1) is 23.4 Å². The quantitative estimate of drug-likeness (QED) is 0.607. The third-order valence-electron chi connectivity index (χ3n) is 2.16. The number of hydrogen-bond acceptors (Lipinski definition) is 6. The lowest BCUT2D eigenvalue weighted by Crippen LogP contribution is -2.15. The molecule has 92 valence electrons. The van der Waals surface area contributed by atoms with Crippen LogP contribution in [0.5, 0.6) is 5.75 Å². The first-order valence-electron chi connectivity index (χ1n) is 4.71. The van der Waals surface area contributed by atoms with Gasteiger partial charge in [-0.15, -0.1) is 0 Å². The molecule has 0 aliphatic heterocycles. The van der Waals surface area contributed by atoms with Crippen molar-refractivity contribution in [3.8, 4) is 5.75 Å². The molecule has 1 heterocycles. The van der Waals surface area contributed by atoms with Crippen LogP contribution in [0.25, 0.3) is 0 Å². The molecule has 0 bridgehead atoms. The van der Waals surface area contributed by atoms with Crippen molar-refractivity contribution in [1.29, 1.82) is 0 Å². The van der Waals surface area contributed by atoms with Crippen molar-refractivity contribution >= 4 is 15.7 Å². The Bertz CT molecular complexity index is 567. The monoisotopic (exact) mass is 259 g/mol. The molecular formula is C8H9N3O5S. The zero-order valence-corrected chi connectivity index (χ0v) is 9.38. The van der Waals surface area contributed by atoms with Crippen molar-refractivity contribution < 1.29 is 18.1 Å². The van der Waals surface area contributed by atoms with Crippen LogP contribution in [0.2, 0.25) is 0 Å². The van der Waals surface area contributed by atoms with Gasteiger partial charge in [0.25, 0.3) is 0 Å². The Morgan fingerprint density at radius 2 is 2.12 bits per heavy atom. The number of sulfonamides is 1. The van der Waals surface area contributed by atoms with E-state index >= 15 is 0 Å². The Morgan fingerprint density at radius 3 is 2.59 bits per heavy atom. The van der Waals surface area contributed by atoms with E-state index in [1.165, 1.54) is 0 Å². The summed E-state index contributed by atoms with van der Waals surface area (Å²) in [5.74, 6) is -0.163. The van der Waals surface area contributed by atoms with E-state index in [0.717, 1.165) is 25.2 Å². The minimum atomic E-state index is -4.20. The third-order valence-corrected chi connectivity index (χ3v) is 3.07. The number of pyridine rings is 1. The Balaban J connectivity index is 2.55. The van der Waals surface area contributed by atoms with E-state index < -0.39 is 25.5 Å². The highest BCUT2D eigenvalue weighted by molar-refractivity contribution is 7.89. The van der Waals surface area contributed by atoms with E-state index in [-0.39, 0.29) is 11.9 Å². The Hall–Kier alpha value is -1.74. The summed E-state index contributed by atoms with van der Waals surface area (Å²) in [4.78, 5) is 13.0. The van der Waals surface area contributed by atoms with Crippen molar-refractivity contribution in [3.05, 3.63) is 22.5 Å². The van der Waals surface area contributed by atoms with Gasteiger partial charge in [-0.05, 0) is 12.8 Å². The van der Waals surface area contributed by atoms with E-state index in [4.69, 9.17) is 9.88 Å². The summed E-state index contributed by atoms with van der Waals surface area (Å²) in [5.41, 5.74) is -0.658. The molecule has 0 unspecified atom stereocenters. The lowest BCUT2D eigenvalue weighted by molar-refractivity contribution is -0.389. The van der Waals surface area contributed by atoms with Crippen molar-refractivity contribution in [2.75, 3.05) is 0 Å². The molecule has 1 aliphatic rings. The maximum absolute atomic E-state index is 11.2. The van der Waals surface area contributed by atoms with Crippen molar-refractivity contribution in [3.63, 3.8) is 0 Å². The molecule has 2 N–H and O–H groups in total.